The van der Waals surface area contributed by atoms with Crippen molar-refractivity contribution in [2.75, 3.05) is 0 Å². The zero-order valence-electron chi connectivity index (χ0n) is 6.26. The topological polar surface area (TPSA) is 20.2 Å². The summed E-state index contributed by atoms with van der Waals surface area (Å²) >= 11 is 0. The quantitative estimate of drug-likeness (QED) is 0.626. The monoisotopic (exact) mass is 135 g/mol. The van der Waals surface area contributed by atoms with Gasteiger partial charge in [-0.25, -0.2) is 0 Å². The zero-order valence-corrected chi connectivity index (χ0v) is 6.26. The van der Waals surface area contributed by atoms with Crippen LogP contribution in [0.1, 0.15) is 18.1 Å². The first-order valence-electron chi connectivity index (χ1n) is 3.29. The summed E-state index contributed by atoms with van der Waals surface area (Å²) < 4.78 is 0. The van der Waals surface area contributed by atoms with Gasteiger partial charge in [0.15, 0.2) is 0 Å². The van der Waals surface area contributed by atoms with Crippen LogP contribution in [0.25, 0.3) is 0 Å². The summed E-state index contributed by atoms with van der Waals surface area (Å²) in [5.41, 5.74) is 2.07. The van der Waals surface area contributed by atoms with E-state index in [0.717, 1.165) is 5.56 Å². The van der Waals surface area contributed by atoms with Crippen LogP contribution in [0.2, 0.25) is 0 Å². The van der Waals surface area contributed by atoms with Gasteiger partial charge in [0, 0.05) is 0 Å². The fourth-order valence-corrected chi connectivity index (χ4v) is 0.870. The molecule has 1 heteroatoms. The van der Waals surface area contributed by atoms with Gasteiger partial charge in [0.1, 0.15) is 6.10 Å². The van der Waals surface area contributed by atoms with Crippen LogP contribution in [0.3, 0.4) is 0 Å². The molecule has 0 amide bonds. The number of aliphatic hydroxyl groups is 1. The number of hydrogen-bond acceptors (Lipinski definition) is 1. The van der Waals surface area contributed by atoms with E-state index < -0.39 is 0 Å². The summed E-state index contributed by atoms with van der Waals surface area (Å²) in [7, 11) is 0. The normalized spacial score (nSPS) is 10.4. The molecule has 0 bridgehead atoms. The molecule has 10 heavy (non-hydrogen) atoms. The van der Waals surface area contributed by atoms with Crippen molar-refractivity contribution >= 4 is 0 Å². The third kappa shape index (κ3) is 1.58. The molecule has 53 valence electrons. The molecule has 1 radical (unpaired) electrons. The Morgan fingerprint density at radius 3 is 2.50 bits per heavy atom. The Morgan fingerprint density at radius 2 is 2.10 bits per heavy atom. The van der Waals surface area contributed by atoms with Gasteiger partial charge in [-0.2, -0.15) is 0 Å². The number of hydrogen-bond donors (Lipinski definition) is 1. The Bertz CT molecular complexity index is 216. The molecule has 1 aromatic carbocycles. The van der Waals surface area contributed by atoms with Crippen molar-refractivity contribution < 1.29 is 5.11 Å². The maximum absolute atomic E-state index is 9.06. The lowest BCUT2D eigenvalue weighted by atomic mass is 10.1. The number of aryl methyl sites for hydroxylation is 1. The highest BCUT2D eigenvalue weighted by atomic mass is 16.3. The molecule has 1 aromatic rings. The Kier molecular flexibility index (Phi) is 2.07. The van der Waals surface area contributed by atoms with Crippen molar-refractivity contribution in [3.63, 3.8) is 0 Å². The zero-order chi connectivity index (χ0) is 7.56. The summed E-state index contributed by atoms with van der Waals surface area (Å²) in [6.07, 6.45) is 0.378. The van der Waals surface area contributed by atoms with Gasteiger partial charge in [0.25, 0.3) is 0 Å². The van der Waals surface area contributed by atoms with Crippen molar-refractivity contribution in [1.82, 2.24) is 0 Å². The fraction of sp³-hybridized carbons (Fsp3) is 0.222. The Morgan fingerprint density at radius 1 is 1.40 bits per heavy atom. The predicted molar refractivity (Wildman–Crippen MR) is 41.1 cm³/mol. The van der Waals surface area contributed by atoms with Gasteiger partial charge in [-0.3, -0.25) is 0 Å². The predicted octanol–water partition coefficient (Wildman–Crippen LogP) is 2.27. The number of rotatable bonds is 1. The van der Waals surface area contributed by atoms with Crippen molar-refractivity contribution in [3.8, 4) is 0 Å². The second-order valence-electron chi connectivity index (χ2n) is 2.45. The van der Waals surface area contributed by atoms with E-state index in [-0.39, 0.29) is 0 Å². The van der Waals surface area contributed by atoms with E-state index in [4.69, 9.17) is 5.11 Å². The van der Waals surface area contributed by atoms with E-state index in [9.17, 15) is 0 Å². The highest BCUT2D eigenvalue weighted by molar-refractivity contribution is 5.29. The van der Waals surface area contributed by atoms with Gasteiger partial charge < -0.3 is 5.11 Å². The summed E-state index contributed by atoms with van der Waals surface area (Å²) in [6.45, 7) is 3.70. The van der Waals surface area contributed by atoms with Crippen LogP contribution in [-0.2, 0) is 0 Å². The summed E-state index contributed by atoms with van der Waals surface area (Å²) in [6, 6.07) is 7.79. The lowest BCUT2D eigenvalue weighted by Gasteiger charge is -2.02. The van der Waals surface area contributed by atoms with Gasteiger partial charge in [-0.1, -0.05) is 29.8 Å². The Labute approximate surface area is 61.3 Å². The summed E-state index contributed by atoms with van der Waals surface area (Å²) in [5, 5.41) is 9.06. The molecule has 0 spiro atoms. The van der Waals surface area contributed by atoms with Gasteiger partial charge in [-0.05, 0) is 19.4 Å². The van der Waals surface area contributed by atoms with Crippen LogP contribution < -0.4 is 0 Å². The first-order valence-corrected chi connectivity index (χ1v) is 3.29. The average Bonchev–Trinajstić information content (AvgIpc) is 1.88. The number of aliphatic hydroxyl groups excluding tert-OH is 1. The smallest absolute Gasteiger partial charge is 0.119 e. The summed E-state index contributed by atoms with van der Waals surface area (Å²) in [5.74, 6) is 0. The molecule has 0 saturated heterocycles. The largest absolute Gasteiger partial charge is 0.382 e. The lowest BCUT2D eigenvalue weighted by molar-refractivity contribution is 0.341. The lowest BCUT2D eigenvalue weighted by Crippen LogP contribution is -1.91. The number of benzene rings is 1. The molecule has 0 heterocycles. The molecule has 0 aromatic heterocycles. The molecule has 1 nitrogen and oxygen atoms in total. The summed E-state index contributed by atoms with van der Waals surface area (Å²) in [4.78, 5) is 0. The standard InChI is InChI=1S/C9H11O/c1-7-4-3-5-9(6-7)8(2)10/h3-6,10H,1-2H3. The van der Waals surface area contributed by atoms with Crippen molar-refractivity contribution in [3.05, 3.63) is 41.5 Å². The first kappa shape index (κ1) is 7.29. The highest BCUT2D eigenvalue weighted by Crippen LogP contribution is 2.11. The SMILES string of the molecule is C[C](O)c1cccc(C)c1. The van der Waals surface area contributed by atoms with Gasteiger partial charge in [-0.15, -0.1) is 0 Å². The van der Waals surface area contributed by atoms with Gasteiger partial charge >= 0.3 is 0 Å². The van der Waals surface area contributed by atoms with E-state index in [0.29, 0.717) is 6.10 Å². The molecule has 0 unspecified atom stereocenters. The molecule has 0 atom stereocenters. The molecular weight excluding hydrogens is 124 g/mol. The van der Waals surface area contributed by atoms with Gasteiger partial charge in [0.2, 0.25) is 0 Å². The Hall–Kier alpha value is -0.820. The second kappa shape index (κ2) is 2.84. The first-order chi connectivity index (χ1) is 4.70. The molecule has 0 aliphatic carbocycles. The molecular formula is C9H11O. The average molecular weight is 135 g/mol. The van der Waals surface area contributed by atoms with E-state index in [1.54, 1.807) is 6.92 Å². The van der Waals surface area contributed by atoms with Crippen LogP contribution in [0.4, 0.5) is 0 Å². The third-order valence-electron chi connectivity index (χ3n) is 1.44. The minimum absolute atomic E-state index is 0.378. The molecule has 1 N–H and O–H groups in total. The van der Waals surface area contributed by atoms with Gasteiger partial charge in [0.05, 0.1) is 0 Å². The fourth-order valence-electron chi connectivity index (χ4n) is 0.870. The molecule has 0 aliphatic rings. The maximum atomic E-state index is 9.06. The minimum Gasteiger partial charge on any atom is -0.382 e. The van der Waals surface area contributed by atoms with Crippen LogP contribution in [0.5, 0.6) is 0 Å². The highest BCUT2D eigenvalue weighted by Gasteiger charge is 1.99. The van der Waals surface area contributed by atoms with Crippen molar-refractivity contribution in [2.24, 2.45) is 0 Å². The van der Waals surface area contributed by atoms with Crippen molar-refractivity contribution in [1.29, 1.82) is 0 Å². The van der Waals surface area contributed by atoms with Crippen LogP contribution >= 0.6 is 0 Å². The maximum Gasteiger partial charge on any atom is 0.119 e. The van der Waals surface area contributed by atoms with E-state index >= 15 is 0 Å². The van der Waals surface area contributed by atoms with Crippen LogP contribution in [0, 0.1) is 13.0 Å². The van der Waals surface area contributed by atoms with E-state index in [1.165, 1.54) is 5.56 Å². The van der Waals surface area contributed by atoms with Crippen LogP contribution in [0.15, 0.2) is 24.3 Å². The minimum atomic E-state index is 0.378. The molecule has 0 saturated carbocycles. The molecule has 1 rings (SSSR count). The van der Waals surface area contributed by atoms with Crippen molar-refractivity contribution in [2.45, 2.75) is 13.8 Å². The third-order valence-corrected chi connectivity index (χ3v) is 1.44. The van der Waals surface area contributed by atoms with E-state index in [2.05, 4.69) is 0 Å². The van der Waals surface area contributed by atoms with E-state index in [1.807, 2.05) is 31.2 Å². The molecule has 0 fully saturated rings. The second-order valence-corrected chi connectivity index (χ2v) is 2.45. The Balaban J connectivity index is 2.96. The molecule has 0 aliphatic heterocycles. The van der Waals surface area contributed by atoms with Crippen LogP contribution in [-0.4, -0.2) is 5.11 Å².